The Kier molecular flexibility index (Phi) is 15.2. The Morgan fingerprint density at radius 2 is 1.28 bits per heavy atom. The lowest BCUT2D eigenvalue weighted by Gasteiger charge is -2.06. The Bertz CT molecular complexity index is 317. The van der Waals surface area contributed by atoms with Crippen LogP contribution in [0.1, 0.15) is 116 Å². The number of aliphatic imine (C=N–C) groups is 1. The van der Waals surface area contributed by atoms with Crippen LogP contribution in [0.4, 0.5) is 0 Å². The van der Waals surface area contributed by atoms with Gasteiger partial charge < -0.3 is 10.4 Å². The monoisotopic (exact) mass is 352 g/mol. The lowest BCUT2D eigenvalue weighted by Crippen LogP contribution is -2.21. The van der Waals surface area contributed by atoms with E-state index in [1.165, 1.54) is 103 Å². The Morgan fingerprint density at radius 3 is 1.76 bits per heavy atom. The summed E-state index contributed by atoms with van der Waals surface area (Å²) in [7, 11) is 0. The molecule has 1 aliphatic rings. The summed E-state index contributed by atoms with van der Waals surface area (Å²) in [5, 5.41) is 12.2. The van der Waals surface area contributed by atoms with Gasteiger partial charge >= 0.3 is 0 Å². The quantitative estimate of drug-likeness (QED) is 0.297. The SMILES string of the molecule is CCCCCCCCCCCCCCCCCC1CNC(CCO)=N1. The van der Waals surface area contributed by atoms with Gasteiger partial charge in [-0.05, 0) is 6.42 Å². The zero-order chi connectivity index (χ0) is 18.0. The third-order valence-corrected chi connectivity index (χ3v) is 5.37. The van der Waals surface area contributed by atoms with Gasteiger partial charge in [-0.25, -0.2) is 0 Å². The third-order valence-electron chi connectivity index (χ3n) is 5.37. The van der Waals surface area contributed by atoms with E-state index in [1.807, 2.05) is 0 Å². The molecule has 0 aromatic carbocycles. The van der Waals surface area contributed by atoms with Gasteiger partial charge in [-0.15, -0.1) is 0 Å². The number of nitrogens with one attached hydrogen (secondary N) is 1. The van der Waals surface area contributed by atoms with Crippen molar-refractivity contribution in [3.8, 4) is 0 Å². The maximum Gasteiger partial charge on any atom is 0.0991 e. The van der Waals surface area contributed by atoms with E-state index in [9.17, 15) is 0 Å². The molecule has 0 aliphatic carbocycles. The topological polar surface area (TPSA) is 44.6 Å². The van der Waals surface area contributed by atoms with Crippen LogP contribution in [0.2, 0.25) is 0 Å². The zero-order valence-corrected chi connectivity index (χ0v) is 16.9. The second kappa shape index (κ2) is 16.9. The third kappa shape index (κ3) is 13.3. The second-order valence-electron chi connectivity index (χ2n) is 7.82. The fourth-order valence-corrected chi connectivity index (χ4v) is 3.72. The first-order valence-electron chi connectivity index (χ1n) is 11.3. The number of aliphatic hydroxyl groups excluding tert-OH is 1. The molecule has 148 valence electrons. The van der Waals surface area contributed by atoms with E-state index < -0.39 is 0 Å². The van der Waals surface area contributed by atoms with Gasteiger partial charge in [0, 0.05) is 13.0 Å². The van der Waals surface area contributed by atoms with Crippen molar-refractivity contribution in [3.05, 3.63) is 0 Å². The van der Waals surface area contributed by atoms with Gasteiger partial charge in [0.2, 0.25) is 0 Å². The highest BCUT2D eigenvalue weighted by Crippen LogP contribution is 2.15. The van der Waals surface area contributed by atoms with Crippen molar-refractivity contribution in [1.29, 1.82) is 0 Å². The summed E-state index contributed by atoms with van der Waals surface area (Å²) < 4.78 is 0. The Hall–Kier alpha value is -0.570. The fraction of sp³-hybridized carbons (Fsp3) is 0.955. The summed E-state index contributed by atoms with van der Waals surface area (Å²) in [6.07, 6.45) is 23.2. The van der Waals surface area contributed by atoms with E-state index in [2.05, 4.69) is 17.2 Å². The first-order chi connectivity index (χ1) is 12.4. The fourth-order valence-electron chi connectivity index (χ4n) is 3.72. The van der Waals surface area contributed by atoms with Gasteiger partial charge in [-0.3, -0.25) is 4.99 Å². The van der Waals surface area contributed by atoms with Crippen LogP contribution in [0.3, 0.4) is 0 Å². The molecule has 1 atom stereocenters. The molecule has 2 N–H and O–H groups in total. The second-order valence-corrected chi connectivity index (χ2v) is 7.82. The number of aliphatic hydroxyl groups is 1. The number of amidine groups is 1. The molecule has 0 saturated heterocycles. The molecule has 0 fully saturated rings. The first-order valence-corrected chi connectivity index (χ1v) is 11.3. The largest absolute Gasteiger partial charge is 0.396 e. The molecular formula is C22H44N2O. The van der Waals surface area contributed by atoms with Gasteiger partial charge in [-0.2, -0.15) is 0 Å². The minimum absolute atomic E-state index is 0.206. The maximum atomic E-state index is 8.91. The van der Waals surface area contributed by atoms with E-state index in [1.54, 1.807) is 0 Å². The molecule has 1 rings (SSSR count). The van der Waals surface area contributed by atoms with Gasteiger partial charge in [0.05, 0.1) is 18.5 Å². The molecule has 0 bridgehead atoms. The van der Waals surface area contributed by atoms with Crippen molar-refractivity contribution >= 4 is 5.84 Å². The minimum atomic E-state index is 0.206. The maximum absolute atomic E-state index is 8.91. The Morgan fingerprint density at radius 1 is 0.800 bits per heavy atom. The van der Waals surface area contributed by atoms with E-state index in [0.29, 0.717) is 12.5 Å². The summed E-state index contributed by atoms with van der Waals surface area (Å²) in [6, 6.07) is 0.462. The average molecular weight is 353 g/mol. The highest BCUT2D eigenvalue weighted by Gasteiger charge is 2.15. The molecule has 0 spiro atoms. The summed E-state index contributed by atoms with van der Waals surface area (Å²) in [5.74, 6) is 1.01. The van der Waals surface area contributed by atoms with E-state index in [4.69, 9.17) is 5.11 Å². The molecule has 25 heavy (non-hydrogen) atoms. The molecule has 0 saturated carbocycles. The van der Waals surface area contributed by atoms with Crippen molar-refractivity contribution in [2.75, 3.05) is 13.2 Å². The smallest absolute Gasteiger partial charge is 0.0991 e. The van der Waals surface area contributed by atoms with Crippen molar-refractivity contribution in [2.24, 2.45) is 4.99 Å². The average Bonchev–Trinajstić information content (AvgIpc) is 3.06. The highest BCUT2D eigenvalue weighted by molar-refractivity contribution is 5.83. The molecule has 0 radical (unpaired) electrons. The standard InChI is InChI=1S/C22H44N2O/c1-2-3-4-5-6-7-8-9-10-11-12-13-14-15-16-17-21-20-23-22(24-21)18-19-25/h21,25H,2-20H2,1H3,(H,23,24). The summed E-state index contributed by atoms with van der Waals surface area (Å²) in [6.45, 7) is 3.47. The summed E-state index contributed by atoms with van der Waals surface area (Å²) >= 11 is 0. The molecular weight excluding hydrogens is 308 g/mol. The predicted molar refractivity (Wildman–Crippen MR) is 110 cm³/mol. The van der Waals surface area contributed by atoms with Crippen LogP contribution < -0.4 is 5.32 Å². The van der Waals surface area contributed by atoms with E-state index in [-0.39, 0.29) is 6.61 Å². The van der Waals surface area contributed by atoms with Crippen LogP contribution in [0.15, 0.2) is 4.99 Å². The van der Waals surface area contributed by atoms with Crippen LogP contribution in [0.25, 0.3) is 0 Å². The van der Waals surface area contributed by atoms with Crippen molar-refractivity contribution in [2.45, 2.75) is 122 Å². The molecule has 1 unspecified atom stereocenters. The van der Waals surface area contributed by atoms with Crippen molar-refractivity contribution in [3.63, 3.8) is 0 Å². The van der Waals surface area contributed by atoms with Crippen LogP contribution in [-0.4, -0.2) is 30.1 Å². The Balaban J connectivity index is 1.74. The van der Waals surface area contributed by atoms with Crippen LogP contribution in [0.5, 0.6) is 0 Å². The van der Waals surface area contributed by atoms with Gasteiger partial charge in [-0.1, -0.05) is 103 Å². The van der Waals surface area contributed by atoms with Gasteiger partial charge in [0.1, 0.15) is 0 Å². The molecule has 3 heteroatoms. The van der Waals surface area contributed by atoms with Crippen molar-refractivity contribution in [1.82, 2.24) is 5.32 Å². The number of hydrogen-bond donors (Lipinski definition) is 2. The normalized spacial score (nSPS) is 16.9. The lowest BCUT2D eigenvalue weighted by molar-refractivity contribution is 0.306. The molecule has 0 aromatic heterocycles. The molecule has 1 aliphatic heterocycles. The molecule has 0 amide bonds. The first kappa shape index (κ1) is 22.5. The minimum Gasteiger partial charge on any atom is -0.396 e. The lowest BCUT2D eigenvalue weighted by atomic mass is 10.0. The highest BCUT2D eigenvalue weighted by atomic mass is 16.3. The van der Waals surface area contributed by atoms with Crippen molar-refractivity contribution < 1.29 is 5.11 Å². The van der Waals surface area contributed by atoms with Crippen LogP contribution in [0, 0.1) is 0 Å². The van der Waals surface area contributed by atoms with Crippen LogP contribution >= 0.6 is 0 Å². The zero-order valence-electron chi connectivity index (χ0n) is 16.9. The number of hydrogen-bond acceptors (Lipinski definition) is 3. The molecule has 0 aromatic rings. The number of rotatable bonds is 18. The van der Waals surface area contributed by atoms with Gasteiger partial charge in [0.15, 0.2) is 0 Å². The predicted octanol–water partition coefficient (Wildman–Crippen LogP) is 6.00. The molecule has 3 nitrogen and oxygen atoms in total. The Labute approximate surface area is 157 Å². The number of unbranched alkanes of at least 4 members (excludes halogenated alkanes) is 14. The summed E-state index contributed by atoms with van der Waals surface area (Å²) in [4.78, 5) is 4.63. The molecule has 1 heterocycles. The summed E-state index contributed by atoms with van der Waals surface area (Å²) in [5.41, 5.74) is 0. The van der Waals surface area contributed by atoms with E-state index in [0.717, 1.165) is 12.4 Å². The van der Waals surface area contributed by atoms with Crippen LogP contribution in [-0.2, 0) is 0 Å². The van der Waals surface area contributed by atoms with Gasteiger partial charge in [0.25, 0.3) is 0 Å². The number of nitrogens with zero attached hydrogens (tertiary/aromatic N) is 1. The van der Waals surface area contributed by atoms with E-state index >= 15 is 0 Å².